The molecular weight excluding hydrogens is 393 g/mol. The van der Waals surface area contributed by atoms with Crippen molar-refractivity contribution in [3.05, 3.63) is 83.4 Å². The number of benzene rings is 3. The van der Waals surface area contributed by atoms with Gasteiger partial charge in [-0.1, -0.05) is 23.7 Å². The molecule has 6 nitrogen and oxygen atoms in total. The van der Waals surface area contributed by atoms with Gasteiger partial charge in [-0.3, -0.25) is 0 Å². The van der Waals surface area contributed by atoms with Gasteiger partial charge in [0.1, 0.15) is 29.5 Å². The van der Waals surface area contributed by atoms with Gasteiger partial charge in [-0.2, -0.15) is 5.10 Å². The second-order valence-electron chi connectivity index (χ2n) is 6.11. The average molecular weight is 408 g/mol. The average Bonchev–Trinajstić information content (AvgIpc) is 2.71. The molecule has 1 heterocycles. The number of fused-ring (bicyclic) bond motifs is 1. The summed E-state index contributed by atoms with van der Waals surface area (Å²) in [4.78, 5) is 8.59. The van der Waals surface area contributed by atoms with E-state index in [-0.39, 0.29) is 5.82 Å². The highest BCUT2D eigenvalue weighted by Crippen LogP contribution is 2.33. The lowest BCUT2D eigenvalue weighted by Crippen LogP contribution is -1.97. The highest BCUT2D eigenvalue weighted by Gasteiger charge is 2.09. The van der Waals surface area contributed by atoms with Crippen molar-refractivity contribution in [2.75, 3.05) is 5.32 Å². The summed E-state index contributed by atoms with van der Waals surface area (Å²) in [5.74, 6) is 6.24. The number of nitrogens with zero attached hydrogens (tertiary/aromatic N) is 3. The van der Waals surface area contributed by atoms with Crippen molar-refractivity contribution in [3.8, 4) is 11.5 Å². The van der Waals surface area contributed by atoms with Crippen LogP contribution in [0.4, 0.5) is 15.9 Å². The molecule has 0 saturated carbocycles. The molecule has 1 aromatic heterocycles. The molecule has 0 aliphatic heterocycles. The molecule has 0 radical (unpaired) electrons. The molecule has 0 atom stereocenters. The minimum absolute atomic E-state index is 0.364. The van der Waals surface area contributed by atoms with Gasteiger partial charge in [-0.25, -0.2) is 14.4 Å². The minimum Gasteiger partial charge on any atom is -0.456 e. The fourth-order valence-corrected chi connectivity index (χ4v) is 3.01. The van der Waals surface area contributed by atoms with Crippen molar-refractivity contribution in [3.63, 3.8) is 0 Å². The van der Waals surface area contributed by atoms with Crippen LogP contribution in [0, 0.1) is 5.82 Å². The van der Waals surface area contributed by atoms with E-state index >= 15 is 0 Å². The van der Waals surface area contributed by atoms with E-state index in [9.17, 15) is 4.39 Å². The fourth-order valence-electron chi connectivity index (χ4n) is 2.80. The molecule has 0 unspecified atom stereocenters. The van der Waals surface area contributed by atoms with Gasteiger partial charge in [0, 0.05) is 17.1 Å². The number of nitrogens with one attached hydrogen (secondary N) is 1. The number of hydrogen-bond donors (Lipinski definition) is 2. The van der Waals surface area contributed by atoms with Crippen LogP contribution < -0.4 is 15.9 Å². The zero-order valence-electron chi connectivity index (χ0n) is 15.0. The first kappa shape index (κ1) is 18.6. The standard InChI is InChI=1S/C21H15ClFN5O/c22-18-10-15(5-7-20(18)29-16-3-1-2-14(23)9-16)28-21-17-8-13(11-27-24)4-6-19(17)25-12-26-21/h1-12H,24H2,(H,25,26,28). The highest BCUT2D eigenvalue weighted by molar-refractivity contribution is 6.32. The Hall–Kier alpha value is -3.71. The molecule has 0 fully saturated rings. The number of hydrazone groups is 1. The van der Waals surface area contributed by atoms with E-state index in [0.29, 0.717) is 28.0 Å². The first-order chi connectivity index (χ1) is 14.1. The quantitative estimate of drug-likeness (QED) is 0.268. The fraction of sp³-hybridized carbons (Fsp3) is 0. The Balaban J connectivity index is 1.61. The van der Waals surface area contributed by atoms with Gasteiger partial charge >= 0.3 is 0 Å². The van der Waals surface area contributed by atoms with Crippen molar-refractivity contribution in [1.82, 2.24) is 9.97 Å². The Bertz CT molecular complexity index is 1210. The molecule has 144 valence electrons. The minimum atomic E-state index is -0.383. The SMILES string of the molecule is NN=Cc1ccc2ncnc(Nc3ccc(Oc4cccc(F)c4)c(Cl)c3)c2c1. The molecule has 0 amide bonds. The first-order valence-corrected chi connectivity index (χ1v) is 8.98. The molecule has 3 aromatic carbocycles. The van der Waals surface area contributed by atoms with E-state index in [2.05, 4.69) is 20.4 Å². The summed E-state index contributed by atoms with van der Waals surface area (Å²) in [5.41, 5.74) is 2.31. The Kier molecular flexibility index (Phi) is 5.22. The molecule has 0 saturated heterocycles. The zero-order chi connectivity index (χ0) is 20.2. The third-order valence-electron chi connectivity index (χ3n) is 4.10. The smallest absolute Gasteiger partial charge is 0.146 e. The van der Waals surface area contributed by atoms with Gasteiger partial charge in [0.25, 0.3) is 0 Å². The normalized spacial score (nSPS) is 11.1. The number of anilines is 2. The van der Waals surface area contributed by atoms with E-state index in [1.165, 1.54) is 18.5 Å². The van der Waals surface area contributed by atoms with E-state index in [0.717, 1.165) is 16.5 Å². The summed E-state index contributed by atoms with van der Waals surface area (Å²) in [6, 6.07) is 16.7. The van der Waals surface area contributed by atoms with Gasteiger partial charge in [0.15, 0.2) is 0 Å². The van der Waals surface area contributed by atoms with Gasteiger partial charge < -0.3 is 15.9 Å². The van der Waals surface area contributed by atoms with Crippen LogP contribution in [-0.2, 0) is 0 Å². The van der Waals surface area contributed by atoms with Gasteiger partial charge in [0.05, 0.1) is 16.8 Å². The number of hydrogen-bond acceptors (Lipinski definition) is 6. The number of aromatic nitrogens is 2. The molecule has 8 heteroatoms. The van der Waals surface area contributed by atoms with Crippen LogP contribution in [0.3, 0.4) is 0 Å². The van der Waals surface area contributed by atoms with E-state index < -0.39 is 0 Å². The van der Waals surface area contributed by atoms with E-state index in [1.54, 1.807) is 36.5 Å². The van der Waals surface area contributed by atoms with E-state index in [4.69, 9.17) is 22.2 Å². The molecule has 0 bridgehead atoms. The van der Waals surface area contributed by atoms with Crippen molar-refractivity contribution >= 4 is 40.2 Å². The van der Waals surface area contributed by atoms with Crippen LogP contribution in [-0.4, -0.2) is 16.2 Å². The third-order valence-corrected chi connectivity index (χ3v) is 4.40. The number of nitrogens with two attached hydrogens (primary N) is 1. The number of ether oxygens (including phenoxy) is 1. The van der Waals surface area contributed by atoms with Crippen LogP contribution >= 0.6 is 11.6 Å². The lowest BCUT2D eigenvalue weighted by Gasteiger charge is -2.12. The Morgan fingerprint density at radius 1 is 1.07 bits per heavy atom. The maximum absolute atomic E-state index is 13.3. The van der Waals surface area contributed by atoms with Crippen molar-refractivity contribution in [2.24, 2.45) is 10.9 Å². The molecule has 29 heavy (non-hydrogen) atoms. The number of rotatable bonds is 5. The van der Waals surface area contributed by atoms with Crippen LogP contribution in [0.15, 0.2) is 72.1 Å². The van der Waals surface area contributed by atoms with Gasteiger partial charge in [-0.15, -0.1) is 0 Å². The molecule has 0 aliphatic carbocycles. The zero-order valence-corrected chi connectivity index (χ0v) is 15.8. The van der Waals surface area contributed by atoms with Crippen molar-refractivity contribution < 1.29 is 9.13 Å². The summed E-state index contributed by atoms with van der Waals surface area (Å²) in [6.07, 6.45) is 3.02. The largest absolute Gasteiger partial charge is 0.456 e. The third kappa shape index (κ3) is 4.25. The lowest BCUT2D eigenvalue weighted by molar-refractivity contribution is 0.477. The summed E-state index contributed by atoms with van der Waals surface area (Å²) in [5, 5.41) is 7.95. The Labute approximate surface area is 170 Å². The predicted molar refractivity (Wildman–Crippen MR) is 113 cm³/mol. The lowest BCUT2D eigenvalue weighted by atomic mass is 10.1. The maximum Gasteiger partial charge on any atom is 0.146 e. The van der Waals surface area contributed by atoms with Crippen LogP contribution in [0.1, 0.15) is 5.56 Å². The van der Waals surface area contributed by atoms with Crippen LogP contribution in [0.25, 0.3) is 10.9 Å². The summed E-state index contributed by atoms with van der Waals surface area (Å²) >= 11 is 6.35. The van der Waals surface area contributed by atoms with Crippen LogP contribution in [0.5, 0.6) is 11.5 Å². The molecule has 4 rings (SSSR count). The Morgan fingerprint density at radius 3 is 2.76 bits per heavy atom. The van der Waals surface area contributed by atoms with Crippen molar-refractivity contribution in [2.45, 2.75) is 0 Å². The van der Waals surface area contributed by atoms with Crippen molar-refractivity contribution in [1.29, 1.82) is 0 Å². The highest BCUT2D eigenvalue weighted by atomic mass is 35.5. The molecule has 4 aromatic rings. The summed E-state index contributed by atoms with van der Waals surface area (Å²) < 4.78 is 19.0. The maximum atomic E-state index is 13.3. The second-order valence-corrected chi connectivity index (χ2v) is 6.51. The Morgan fingerprint density at radius 2 is 1.97 bits per heavy atom. The van der Waals surface area contributed by atoms with Gasteiger partial charge in [-0.05, 0) is 48.0 Å². The summed E-state index contributed by atoms with van der Waals surface area (Å²) in [6.45, 7) is 0. The topological polar surface area (TPSA) is 85.4 Å². The summed E-state index contributed by atoms with van der Waals surface area (Å²) in [7, 11) is 0. The molecule has 0 spiro atoms. The van der Waals surface area contributed by atoms with Crippen LogP contribution in [0.2, 0.25) is 5.02 Å². The molecule has 3 N–H and O–H groups in total. The first-order valence-electron chi connectivity index (χ1n) is 8.60. The van der Waals surface area contributed by atoms with E-state index in [1.807, 2.05) is 18.2 Å². The molecular formula is C21H15ClFN5O. The number of halogens is 2. The predicted octanol–water partition coefficient (Wildman–Crippen LogP) is 5.25. The molecule has 0 aliphatic rings. The monoisotopic (exact) mass is 407 g/mol. The van der Waals surface area contributed by atoms with Gasteiger partial charge in [0.2, 0.25) is 0 Å². The second kappa shape index (κ2) is 8.12.